The molecule has 20 heavy (non-hydrogen) atoms. The number of hydrogen-bond acceptors (Lipinski definition) is 7. The van der Waals surface area contributed by atoms with Crippen molar-refractivity contribution in [3.8, 4) is 5.88 Å². The number of fused-ring (bicyclic) bond motifs is 1. The molecule has 0 saturated heterocycles. The Morgan fingerprint density at radius 2 is 2.15 bits per heavy atom. The second-order valence-corrected chi connectivity index (χ2v) is 4.38. The molecule has 8 heteroatoms. The van der Waals surface area contributed by atoms with E-state index >= 15 is 0 Å². The fraction of sp³-hybridized carbons (Fsp3) is 0.333. The minimum absolute atomic E-state index is 0.228. The Hall–Kier alpha value is -2.64. The summed E-state index contributed by atoms with van der Waals surface area (Å²) in [6.45, 7) is 3.75. The third-order valence-corrected chi connectivity index (χ3v) is 3.05. The van der Waals surface area contributed by atoms with Crippen molar-refractivity contribution in [3.63, 3.8) is 0 Å². The van der Waals surface area contributed by atoms with Crippen molar-refractivity contribution in [2.24, 2.45) is 0 Å². The van der Waals surface area contributed by atoms with Gasteiger partial charge < -0.3 is 14.9 Å². The summed E-state index contributed by atoms with van der Waals surface area (Å²) in [6.07, 6.45) is 3.07. The fourth-order valence-electron chi connectivity index (χ4n) is 2.11. The van der Waals surface area contributed by atoms with Gasteiger partial charge in [-0.3, -0.25) is 4.57 Å². The number of aryl methyl sites for hydroxylation is 1. The Kier molecular flexibility index (Phi) is 2.78. The molecule has 0 bridgehead atoms. The summed E-state index contributed by atoms with van der Waals surface area (Å²) in [7, 11) is 1.53. The molecule has 0 saturated carbocycles. The van der Waals surface area contributed by atoms with Gasteiger partial charge in [0.15, 0.2) is 11.2 Å². The SMILES string of the molecule is COc1ncnc2c1nc(N)n2C(C)c1ncc(C)o1. The van der Waals surface area contributed by atoms with Crippen molar-refractivity contribution >= 4 is 17.1 Å². The molecule has 0 aliphatic rings. The molecule has 0 aliphatic carbocycles. The molecule has 0 spiro atoms. The molecule has 0 aliphatic heterocycles. The van der Waals surface area contributed by atoms with E-state index in [9.17, 15) is 0 Å². The number of oxazole rings is 1. The van der Waals surface area contributed by atoms with Crippen molar-refractivity contribution in [3.05, 3.63) is 24.2 Å². The van der Waals surface area contributed by atoms with Crippen LogP contribution in [0.25, 0.3) is 11.2 Å². The molecule has 1 atom stereocenters. The van der Waals surface area contributed by atoms with Crippen LogP contribution in [0.1, 0.15) is 24.6 Å². The molecule has 3 heterocycles. The molecule has 104 valence electrons. The van der Waals surface area contributed by atoms with E-state index in [1.165, 1.54) is 13.4 Å². The first-order chi connectivity index (χ1) is 9.61. The summed E-state index contributed by atoms with van der Waals surface area (Å²) in [5.41, 5.74) is 7.08. The number of rotatable bonds is 3. The van der Waals surface area contributed by atoms with Crippen LogP contribution in [-0.4, -0.2) is 31.6 Å². The zero-order valence-corrected chi connectivity index (χ0v) is 11.4. The lowest BCUT2D eigenvalue weighted by molar-refractivity contribution is 0.401. The van der Waals surface area contributed by atoms with Gasteiger partial charge in [0.05, 0.1) is 13.3 Å². The van der Waals surface area contributed by atoms with Crippen LogP contribution in [0.5, 0.6) is 5.88 Å². The number of hydrogen-bond donors (Lipinski definition) is 1. The van der Waals surface area contributed by atoms with E-state index in [4.69, 9.17) is 14.9 Å². The van der Waals surface area contributed by atoms with Gasteiger partial charge in [-0.2, -0.15) is 4.98 Å². The Bertz CT molecular complexity index is 762. The molecule has 3 aromatic heterocycles. The highest BCUT2D eigenvalue weighted by molar-refractivity contribution is 5.79. The van der Waals surface area contributed by atoms with E-state index < -0.39 is 0 Å². The zero-order chi connectivity index (χ0) is 14.3. The van der Waals surface area contributed by atoms with Crippen LogP contribution >= 0.6 is 0 Å². The Labute approximate surface area is 114 Å². The van der Waals surface area contributed by atoms with E-state index in [2.05, 4.69) is 19.9 Å². The highest BCUT2D eigenvalue weighted by Crippen LogP contribution is 2.28. The van der Waals surface area contributed by atoms with Crippen molar-refractivity contribution in [2.75, 3.05) is 12.8 Å². The lowest BCUT2D eigenvalue weighted by Crippen LogP contribution is -2.11. The molecule has 1 unspecified atom stereocenters. The lowest BCUT2D eigenvalue weighted by Gasteiger charge is -2.11. The highest BCUT2D eigenvalue weighted by Gasteiger charge is 2.22. The predicted octanol–water partition coefficient (Wildman–Crippen LogP) is 1.32. The maximum absolute atomic E-state index is 5.98. The summed E-state index contributed by atoms with van der Waals surface area (Å²) < 4.78 is 12.4. The number of methoxy groups -OCH3 is 1. The molecular weight excluding hydrogens is 260 g/mol. The molecular formula is C12H14N6O2. The first kappa shape index (κ1) is 12.4. The summed E-state index contributed by atoms with van der Waals surface area (Å²) in [5.74, 6) is 1.98. The van der Waals surface area contributed by atoms with E-state index in [0.29, 0.717) is 28.9 Å². The zero-order valence-electron chi connectivity index (χ0n) is 11.4. The highest BCUT2D eigenvalue weighted by atomic mass is 16.5. The summed E-state index contributed by atoms with van der Waals surface area (Å²) in [4.78, 5) is 16.7. The Morgan fingerprint density at radius 3 is 2.80 bits per heavy atom. The van der Waals surface area contributed by atoms with Gasteiger partial charge in [-0.25, -0.2) is 15.0 Å². The van der Waals surface area contributed by atoms with E-state index in [1.807, 2.05) is 13.8 Å². The number of imidazole rings is 1. The minimum atomic E-state index is -0.228. The van der Waals surface area contributed by atoms with Crippen LogP contribution in [0.2, 0.25) is 0 Å². The number of nitrogens with zero attached hydrogens (tertiary/aromatic N) is 5. The Morgan fingerprint density at radius 1 is 1.35 bits per heavy atom. The maximum atomic E-state index is 5.98. The van der Waals surface area contributed by atoms with Gasteiger partial charge in [0.25, 0.3) is 0 Å². The third kappa shape index (κ3) is 1.77. The first-order valence-corrected chi connectivity index (χ1v) is 6.06. The largest absolute Gasteiger partial charge is 0.479 e. The van der Waals surface area contributed by atoms with Gasteiger partial charge in [-0.15, -0.1) is 0 Å². The van der Waals surface area contributed by atoms with Gasteiger partial charge in [-0.1, -0.05) is 0 Å². The number of nitrogen functional groups attached to an aromatic ring is 1. The van der Waals surface area contributed by atoms with Gasteiger partial charge in [0.1, 0.15) is 18.1 Å². The van der Waals surface area contributed by atoms with Crippen molar-refractivity contribution in [2.45, 2.75) is 19.9 Å². The molecule has 0 radical (unpaired) electrons. The summed E-state index contributed by atoms with van der Waals surface area (Å²) in [5, 5.41) is 0. The maximum Gasteiger partial charge on any atom is 0.245 e. The third-order valence-electron chi connectivity index (χ3n) is 3.05. The fourth-order valence-corrected chi connectivity index (χ4v) is 2.11. The summed E-state index contributed by atoms with van der Waals surface area (Å²) >= 11 is 0. The molecule has 3 aromatic rings. The van der Waals surface area contributed by atoms with Gasteiger partial charge in [-0.05, 0) is 13.8 Å². The molecule has 0 fully saturated rings. The standard InChI is InChI=1S/C12H14N6O2/c1-6-4-14-10(20-6)7(2)18-9-8(17-12(18)13)11(19-3)16-5-15-9/h4-5,7H,1-3H3,(H2,13,17). The normalized spacial score (nSPS) is 12.8. The molecule has 3 rings (SSSR count). The van der Waals surface area contributed by atoms with Gasteiger partial charge >= 0.3 is 0 Å². The molecule has 2 N–H and O–H groups in total. The van der Waals surface area contributed by atoms with Crippen LogP contribution in [0.3, 0.4) is 0 Å². The van der Waals surface area contributed by atoms with Gasteiger partial charge in [0.2, 0.25) is 17.7 Å². The second-order valence-electron chi connectivity index (χ2n) is 4.38. The van der Waals surface area contributed by atoms with E-state index in [-0.39, 0.29) is 6.04 Å². The minimum Gasteiger partial charge on any atom is -0.479 e. The van der Waals surface area contributed by atoms with Crippen molar-refractivity contribution in [1.29, 1.82) is 0 Å². The van der Waals surface area contributed by atoms with Crippen LogP contribution in [0.4, 0.5) is 5.95 Å². The number of nitrogens with two attached hydrogens (primary N) is 1. The van der Waals surface area contributed by atoms with Crippen LogP contribution < -0.4 is 10.5 Å². The van der Waals surface area contributed by atoms with Crippen LogP contribution in [0, 0.1) is 6.92 Å². The average molecular weight is 274 g/mol. The van der Waals surface area contributed by atoms with E-state index in [0.717, 1.165) is 5.76 Å². The van der Waals surface area contributed by atoms with Crippen molar-refractivity contribution in [1.82, 2.24) is 24.5 Å². The van der Waals surface area contributed by atoms with Crippen molar-refractivity contribution < 1.29 is 9.15 Å². The smallest absolute Gasteiger partial charge is 0.245 e. The summed E-state index contributed by atoms with van der Waals surface area (Å²) in [6, 6.07) is -0.228. The predicted molar refractivity (Wildman–Crippen MR) is 71.3 cm³/mol. The van der Waals surface area contributed by atoms with Gasteiger partial charge in [0, 0.05) is 0 Å². The number of anilines is 1. The second kappa shape index (κ2) is 4.48. The molecule has 0 aromatic carbocycles. The first-order valence-electron chi connectivity index (χ1n) is 6.06. The van der Waals surface area contributed by atoms with Crippen LogP contribution in [0.15, 0.2) is 16.9 Å². The lowest BCUT2D eigenvalue weighted by atomic mass is 10.3. The quantitative estimate of drug-likeness (QED) is 0.767. The number of ether oxygens (including phenoxy) is 1. The number of aromatic nitrogens is 5. The average Bonchev–Trinajstić information content (AvgIpc) is 3.00. The monoisotopic (exact) mass is 274 g/mol. The van der Waals surface area contributed by atoms with Crippen LogP contribution in [-0.2, 0) is 0 Å². The molecule has 0 amide bonds. The molecule has 8 nitrogen and oxygen atoms in total. The topological polar surface area (TPSA) is 105 Å². The Balaban J connectivity index is 2.18. The van der Waals surface area contributed by atoms with E-state index in [1.54, 1.807) is 10.8 Å².